The summed E-state index contributed by atoms with van der Waals surface area (Å²) >= 11 is 1.51. The first kappa shape index (κ1) is 19.1. The minimum atomic E-state index is 0.619. The van der Waals surface area contributed by atoms with Gasteiger partial charge in [0.2, 0.25) is 5.16 Å². The van der Waals surface area contributed by atoms with Gasteiger partial charge in [0.25, 0.3) is 0 Å². The van der Waals surface area contributed by atoms with E-state index in [1.54, 1.807) is 18.9 Å². The summed E-state index contributed by atoms with van der Waals surface area (Å²) in [5, 5.41) is 11.7. The average molecular weight is 407 g/mol. The molecule has 1 heterocycles. The van der Waals surface area contributed by atoms with E-state index in [0.29, 0.717) is 17.3 Å². The van der Waals surface area contributed by atoms with Gasteiger partial charge in [-0.15, -0.1) is 10.2 Å². The highest BCUT2D eigenvalue weighted by Crippen LogP contribution is 2.30. The molecule has 0 unspecified atom stereocenters. The van der Waals surface area contributed by atoms with Crippen LogP contribution in [0.2, 0.25) is 0 Å². The van der Waals surface area contributed by atoms with Gasteiger partial charge in [0.05, 0.1) is 14.2 Å². The number of nitrogen functional groups attached to an aromatic ring is 1. The predicted molar refractivity (Wildman–Crippen MR) is 116 cm³/mol. The van der Waals surface area contributed by atoms with Crippen LogP contribution in [0.25, 0.3) is 10.8 Å². The Balaban J connectivity index is 1.53. The van der Waals surface area contributed by atoms with Crippen molar-refractivity contribution in [3.05, 3.63) is 77.6 Å². The first-order chi connectivity index (χ1) is 14.2. The van der Waals surface area contributed by atoms with Gasteiger partial charge in [-0.3, -0.25) is 0 Å². The third-order valence-corrected chi connectivity index (χ3v) is 5.80. The normalized spacial score (nSPS) is 11.0. The first-order valence-corrected chi connectivity index (χ1v) is 10.2. The molecule has 7 heteroatoms. The molecule has 29 heavy (non-hydrogen) atoms. The summed E-state index contributed by atoms with van der Waals surface area (Å²) in [5.74, 6) is 9.25. The van der Waals surface area contributed by atoms with Gasteiger partial charge in [-0.2, -0.15) is 0 Å². The Labute approximate surface area is 173 Å². The van der Waals surface area contributed by atoms with Gasteiger partial charge < -0.3 is 15.3 Å². The zero-order valence-corrected chi connectivity index (χ0v) is 17.1. The van der Waals surface area contributed by atoms with Crippen LogP contribution < -0.4 is 15.3 Å². The summed E-state index contributed by atoms with van der Waals surface area (Å²) in [5.41, 5.74) is 2.18. The Morgan fingerprint density at radius 2 is 1.76 bits per heavy atom. The van der Waals surface area contributed by atoms with Crippen molar-refractivity contribution in [2.75, 3.05) is 20.1 Å². The summed E-state index contributed by atoms with van der Waals surface area (Å²) < 4.78 is 12.3. The highest BCUT2D eigenvalue weighted by Gasteiger charge is 2.14. The van der Waals surface area contributed by atoms with Crippen molar-refractivity contribution >= 4 is 22.5 Å². The number of hydrogen-bond donors (Lipinski definition) is 1. The van der Waals surface area contributed by atoms with Gasteiger partial charge in [0, 0.05) is 17.7 Å². The Bertz CT molecular complexity index is 1140. The first-order valence-electron chi connectivity index (χ1n) is 9.19. The van der Waals surface area contributed by atoms with Crippen molar-refractivity contribution in [3.8, 4) is 11.5 Å². The molecule has 0 atom stereocenters. The zero-order valence-electron chi connectivity index (χ0n) is 16.3. The Hall–Kier alpha value is -3.19. The van der Waals surface area contributed by atoms with Crippen molar-refractivity contribution in [2.24, 2.45) is 0 Å². The van der Waals surface area contributed by atoms with Crippen molar-refractivity contribution in [3.63, 3.8) is 0 Å². The zero-order chi connectivity index (χ0) is 20.2. The number of aromatic nitrogens is 3. The van der Waals surface area contributed by atoms with Crippen LogP contribution in [0.5, 0.6) is 11.5 Å². The number of rotatable bonds is 7. The van der Waals surface area contributed by atoms with Crippen LogP contribution in [0.4, 0.5) is 0 Å². The SMILES string of the molecule is COc1ccc(OC)c(CSc2nnc(Cc3cccc4ccccc34)n2N)c1. The van der Waals surface area contributed by atoms with Gasteiger partial charge in [0.1, 0.15) is 11.5 Å². The number of hydrogen-bond acceptors (Lipinski definition) is 6. The van der Waals surface area contributed by atoms with Crippen LogP contribution >= 0.6 is 11.8 Å². The van der Waals surface area contributed by atoms with Crippen molar-refractivity contribution in [1.82, 2.24) is 14.9 Å². The summed E-state index contributed by atoms with van der Waals surface area (Å²) in [6, 6.07) is 20.3. The molecular formula is C22H22N4O2S. The maximum absolute atomic E-state index is 6.30. The van der Waals surface area contributed by atoms with Crippen LogP contribution in [0.1, 0.15) is 17.0 Å². The molecular weight excluding hydrogens is 384 g/mol. The number of methoxy groups -OCH3 is 2. The third-order valence-electron chi connectivity index (χ3n) is 4.81. The summed E-state index contributed by atoms with van der Waals surface area (Å²) in [7, 11) is 3.30. The molecule has 4 aromatic rings. The van der Waals surface area contributed by atoms with E-state index >= 15 is 0 Å². The molecule has 0 aliphatic rings. The summed E-state index contributed by atoms with van der Waals surface area (Å²) in [6.45, 7) is 0. The molecule has 148 valence electrons. The van der Waals surface area contributed by atoms with E-state index in [9.17, 15) is 0 Å². The molecule has 3 aromatic carbocycles. The molecule has 0 saturated carbocycles. The Morgan fingerprint density at radius 3 is 2.59 bits per heavy atom. The molecule has 0 spiro atoms. The topological polar surface area (TPSA) is 75.2 Å². The lowest BCUT2D eigenvalue weighted by Crippen LogP contribution is -2.14. The lowest BCUT2D eigenvalue weighted by Gasteiger charge is -2.10. The number of nitrogens with zero attached hydrogens (tertiary/aromatic N) is 3. The number of benzene rings is 3. The van der Waals surface area contributed by atoms with Crippen LogP contribution in [0, 0.1) is 0 Å². The van der Waals surface area contributed by atoms with Crippen LogP contribution in [0.3, 0.4) is 0 Å². The fourth-order valence-electron chi connectivity index (χ4n) is 3.28. The quantitative estimate of drug-likeness (QED) is 0.369. The minimum Gasteiger partial charge on any atom is -0.497 e. The Kier molecular flexibility index (Phi) is 5.57. The van der Waals surface area contributed by atoms with E-state index in [1.807, 2.05) is 30.3 Å². The fourth-order valence-corrected chi connectivity index (χ4v) is 4.13. The van der Waals surface area contributed by atoms with E-state index < -0.39 is 0 Å². The molecule has 0 aliphatic heterocycles. The molecule has 1 aromatic heterocycles. The minimum absolute atomic E-state index is 0.619. The third kappa shape index (κ3) is 4.00. The van der Waals surface area contributed by atoms with E-state index in [4.69, 9.17) is 15.3 Å². The van der Waals surface area contributed by atoms with Crippen LogP contribution in [-0.2, 0) is 12.2 Å². The lowest BCUT2D eigenvalue weighted by atomic mass is 10.0. The predicted octanol–water partition coefficient (Wildman–Crippen LogP) is 4.05. The van der Waals surface area contributed by atoms with Gasteiger partial charge in [-0.05, 0) is 34.5 Å². The van der Waals surface area contributed by atoms with E-state index in [1.165, 1.54) is 28.1 Å². The number of ether oxygens (including phenoxy) is 2. The molecule has 0 radical (unpaired) electrons. The van der Waals surface area contributed by atoms with Gasteiger partial charge in [-0.25, -0.2) is 4.68 Å². The van der Waals surface area contributed by atoms with Crippen molar-refractivity contribution in [2.45, 2.75) is 17.3 Å². The summed E-state index contributed by atoms with van der Waals surface area (Å²) in [6.07, 6.45) is 0.619. The number of fused-ring (bicyclic) bond motifs is 1. The molecule has 6 nitrogen and oxygen atoms in total. The highest BCUT2D eigenvalue weighted by molar-refractivity contribution is 7.98. The van der Waals surface area contributed by atoms with Gasteiger partial charge in [-0.1, -0.05) is 54.2 Å². The standard InChI is InChI=1S/C22H22N4O2S/c1-27-18-10-11-20(28-2)17(12-18)14-29-22-25-24-21(26(22)23)13-16-8-5-7-15-6-3-4-9-19(15)16/h3-12H,13-14,23H2,1-2H3. The maximum Gasteiger partial charge on any atom is 0.210 e. The Morgan fingerprint density at radius 1 is 0.931 bits per heavy atom. The highest BCUT2D eigenvalue weighted by atomic mass is 32.2. The largest absolute Gasteiger partial charge is 0.497 e. The van der Waals surface area contributed by atoms with Crippen molar-refractivity contribution in [1.29, 1.82) is 0 Å². The second-order valence-corrected chi connectivity index (χ2v) is 7.49. The summed E-state index contributed by atoms with van der Waals surface area (Å²) in [4.78, 5) is 0. The monoisotopic (exact) mass is 406 g/mol. The smallest absolute Gasteiger partial charge is 0.210 e. The number of thioether (sulfide) groups is 1. The average Bonchev–Trinajstić information content (AvgIpc) is 3.11. The molecule has 0 amide bonds. The molecule has 2 N–H and O–H groups in total. The molecule has 0 bridgehead atoms. The molecule has 0 saturated heterocycles. The maximum atomic E-state index is 6.30. The second-order valence-electron chi connectivity index (χ2n) is 6.55. The van der Waals surface area contributed by atoms with E-state index in [0.717, 1.165) is 22.9 Å². The fraction of sp³-hybridized carbons (Fsp3) is 0.182. The van der Waals surface area contributed by atoms with Crippen molar-refractivity contribution < 1.29 is 9.47 Å². The second kappa shape index (κ2) is 8.45. The van der Waals surface area contributed by atoms with Crippen LogP contribution in [0.15, 0.2) is 65.8 Å². The van der Waals surface area contributed by atoms with Gasteiger partial charge >= 0.3 is 0 Å². The van der Waals surface area contributed by atoms with Gasteiger partial charge in [0.15, 0.2) is 5.82 Å². The lowest BCUT2D eigenvalue weighted by molar-refractivity contribution is 0.400. The molecule has 4 rings (SSSR count). The van der Waals surface area contributed by atoms with Crippen LogP contribution in [-0.4, -0.2) is 29.1 Å². The molecule has 0 aliphatic carbocycles. The van der Waals surface area contributed by atoms with E-state index in [2.05, 4.69) is 40.5 Å². The van der Waals surface area contributed by atoms with E-state index in [-0.39, 0.29) is 0 Å². The number of nitrogens with two attached hydrogens (primary N) is 1. The molecule has 0 fully saturated rings.